The summed E-state index contributed by atoms with van der Waals surface area (Å²) in [6.07, 6.45) is -3.71. The van der Waals surface area contributed by atoms with Crippen molar-refractivity contribution in [2.45, 2.75) is 44.6 Å². The maximum absolute atomic E-state index is 14.7. The second-order valence-corrected chi connectivity index (χ2v) is 8.62. The molecule has 0 saturated carbocycles. The number of morpholine rings is 1. The molecule has 2 aliphatic heterocycles. The van der Waals surface area contributed by atoms with Gasteiger partial charge in [-0.25, -0.2) is 9.37 Å². The molecule has 2 aliphatic rings. The van der Waals surface area contributed by atoms with E-state index in [0.717, 1.165) is 18.2 Å². The molecule has 1 N–H and O–H groups in total. The van der Waals surface area contributed by atoms with E-state index < -0.39 is 23.6 Å². The van der Waals surface area contributed by atoms with Crippen molar-refractivity contribution in [1.29, 1.82) is 0 Å². The smallest absolute Gasteiger partial charge is 0.419 e. The monoisotopic (exact) mass is 477 g/mol. The number of aromatic nitrogens is 3. The minimum absolute atomic E-state index is 0.124. The van der Waals surface area contributed by atoms with Crippen LogP contribution >= 0.6 is 0 Å². The van der Waals surface area contributed by atoms with Crippen molar-refractivity contribution in [2.75, 3.05) is 30.5 Å². The Morgan fingerprint density at radius 2 is 2.06 bits per heavy atom. The molecule has 1 aromatic carbocycles. The zero-order chi connectivity index (χ0) is 24.2. The Bertz CT molecular complexity index is 1250. The van der Waals surface area contributed by atoms with Gasteiger partial charge in [0.05, 0.1) is 43.2 Å². The number of nitrogens with one attached hydrogen (secondary N) is 1. The van der Waals surface area contributed by atoms with Crippen LogP contribution in [-0.4, -0.2) is 47.6 Å². The zero-order valence-corrected chi connectivity index (χ0v) is 18.8. The van der Waals surface area contributed by atoms with Gasteiger partial charge in [0.1, 0.15) is 17.0 Å². The minimum atomic E-state index is -4.79. The van der Waals surface area contributed by atoms with Gasteiger partial charge in [-0.15, -0.1) is 5.10 Å². The molecule has 7 nitrogen and oxygen atoms in total. The molecule has 0 spiro atoms. The van der Waals surface area contributed by atoms with Crippen LogP contribution in [0.2, 0.25) is 0 Å². The Hall–Kier alpha value is -3.21. The summed E-state index contributed by atoms with van der Waals surface area (Å²) in [6.45, 7) is 4.66. The van der Waals surface area contributed by atoms with E-state index in [0.29, 0.717) is 41.4 Å². The minimum Gasteiger partial charge on any atom is -0.480 e. The summed E-state index contributed by atoms with van der Waals surface area (Å²) in [5, 5.41) is 12.0. The van der Waals surface area contributed by atoms with E-state index in [1.807, 2.05) is 6.07 Å². The van der Waals surface area contributed by atoms with E-state index in [2.05, 4.69) is 25.4 Å². The van der Waals surface area contributed by atoms with Crippen molar-refractivity contribution in [3.8, 4) is 5.88 Å². The van der Waals surface area contributed by atoms with Crippen molar-refractivity contribution in [3.63, 3.8) is 0 Å². The molecule has 2 aromatic heterocycles. The van der Waals surface area contributed by atoms with Crippen LogP contribution in [0.5, 0.6) is 5.88 Å². The number of anilines is 2. The Kier molecular flexibility index (Phi) is 5.46. The molecule has 34 heavy (non-hydrogen) atoms. The molecule has 3 aromatic rings. The Labute approximate surface area is 193 Å². The standard InChI is InChI=1S/C23H23F4N5O2/c1-11(15-5-4-6-17(19(15)24)23(25,26)27)28-21-16-8-18(32-9-14-7-13(32)10-34-14)22(33-3)29-20(16)12(2)30-31-21/h4-6,8,11,13-14H,7,9-10H2,1-3H3,(H,28,31)/t11-,13?,14?/m1/s1. The molecule has 3 atom stereocenters. The van der Waals surface area contributed by atoms with E-state index in [1.165, 1.54) is 12.1 Å². The number of halogens is 4. The van der Waals surface area contributed by atoms with E-state index in [-0.39, 0.29) is 17.7 Å². The van der Waals surface area contributed by atoms with Gasteiger partial charge in [0.15, 0.2) is 5.82 Å². The van der Waals surface area contributed by atoms with Gasteiger partial charge < -0.3 is 19.7 Å². The van der Waals surface area contributed by atoms with Crippen molar-refractivity contribution >= 4 is 22.4 Å². The van der Waals surface area contributed by atoms with E-state index >= 15 is 0 Å². The van der Waals surface area contributed by atoms with Crippen molar-refractivity contribution in [2.24, 2.45) is 0 Å². The zero-order valence-electron chi connectivity index (χ0n) is 18.8. The SMILES string of the molecule is COc1nc2c(C)nnc(N[C@H](C)c3cccc(C(F)(F)F)c3F)c2cc1N1CC2CC1CO2. The van der Waals surface area contributed by atoms with Crippen molar-refractivity contribution in [3.05, 3.63) is 46.9 Å². The fraction of sp³-hybridized carbons (Fsp3) is 0.435. The number of pyridine rings is 1. The number of alkyl halides is 3. The predicted octanol–water partition coefficient (Wildman–Crippen LogP) is 4.65. The maximum Gasteiger partial charge on any atom is 0.419 e. The van der Waals surface area contributed by atoms with Gasteiger partial charge >= 0.3 is 6.18 Å². The summed E-state index contributed by atoms with van der Waals surface area (Å²) in [5.74, 6) is -0.575. The lowest BCUT2D eigenvalue weighted by molar-refractivity contribution is -0.140. The number of methoxy groups -OCH3 is 1. The summed E-state index contributed by atoms with van der Waals surface area (Å²) in [7, 11) is 1.55. The fourth-order valence-electron chi connectivity index (χ4n) is 4.71. The Balaban J connectivity index is 1.55. The molecule has 2 bridgehead atoms. The molecule has 180 valence electrons. The highest BCUT2D eigenvalue weighted by Crippen LogP contribution is 2.40. The number of benzene rings is 1. The molecule has 0 amide bonds. The van der Waals surface area contributed by atoms with Crippen LogP contribution in [0.3, 0.4) is 0 Å². The summed E-state index contributed by atoms with van der Waals surface area (Å²) in [6, 6.07) is 4.52. The van der Waals surface area contributed by atoms with Crippen LogP contribution in [0, 0.1) is 12.7 Å². The lowest BCUT2D eigenvalue weighted by Gasteiger charge is -2.30. The van der Waals surface area contributed by atoms with Crippen LogP contribution in [0.25, 0.3) is 10.9 Å². The van der Waals surface area contributed by atoms with Crippen molar-refractivity contribution in [1.82, 2.24) is 15.2 Å². The van der Waals surface area contributed by atoms with Crippen molar-refractivity contribution < 1.29 is 27.0 Å². The first-order valence-corrected chi connectivity index (χ1v) is 10.9. The molecule has 2 unspecified atom stereocenters. The van der Waals surface area contributed by atoms with Gasteiger partial charge in [-0.1, -0.05) is 12.1 Å². The number of nitrogens with zero attached hydrogens (tertiary/aromatic N) is 4. The highest BCUT2D eigenvalue weighted by molar-refractivity contribution is 5.94. The first kappa shape index (κ1) is 22.6. The highest BCUT2D eigenvalue weighted by Gasteiger charge is 2.40. The summed E-state index contributed by atoms with van der Waals surface area (Å²) >= 11 is 0. The quantitative estimate of drug-likeness (QED) is 0.537. The third kappa shape index (κ3) is 3.77. The fourth-order valence-corrected chi connectivity index (χ4v) is 4.71. The summed E-state index contributed by atoms with van der Waals surface area (Å²) < 4.78 is 65.5. The van der Waals surface area contributed by atoms with Crippen LogP contribution < -0.4 is 15.0 Å². The molecule has 0 aliphatic carbocycles. The lowest BCUT2D eigenvalue weighted by atomic mass is 10.0. The lowest BCUT2D eigenvalue weighted by Crippen LogP contribution is -2.37. The average molecular weight is 477 g/mol. The van der Waals surface area contributed by atoms with Crippen LogP contribution in [-0.2, 0) is 10.9 Å². The molecule has 4 heterocycles. The van der Waals surface area contributed by atoms with E-state index in [4.69, 9.17) is 9.47 Å². The average Bonchev–Trinajstić information content (AvgIpc) is 3.43. The molecular weight excluding hydrogens is 454 g/mol. The molecule has 2 saturated heterocycles. The number of fused-ring (bicyclic) bond motifs is 3. The number of hydrogen-bond donors (Lipinski definition) is 1. The number of ether oxygens (including phenoxy) is 2. The van der Waals surface area contributed by atoms with Gasteiger partial charge in [0, 0.05) is 17.5 Å². The first-order valence-electron chi connectivity index (χ1n) is 10.9. The molecule has 11 heteroatoms. The number of aryl methyl sites for hydroxylation is 1. The van der Waals surface area contributed by atoms with Crippen LogP contribution in [0.4, 0.5) is 29.1 Å². The van der Waals surface area contributed by atoms with Gasteiger partial charge in [0.25, 0.3) is 0 Å². The second-order valence-electron chi connectivity index (χ2n) is 8.62. The normalized spacial score (nSPS) is 20.7. The van der Waals surface area contributed by atoms with E-state index in [9.17, 15) is 17.6 Å². The van der Waals surface area contributed by atoms with Crippen LogP contribution in [0.1, 0.15) is 36.2 Å². The summed E-state index contributed by atoms with van der Waals surface area (Å²) in [5.41, 5.74) is 0.448. The third-order valence-corrected chi connectivity index (χ3v) is 6.42. The first-order chi connectivity index (χ1) is 16.2. The highest BCUT2D eigenvalue weighted by atomic mass is 19.4. The third-order valence-electron chi connectivity index (χ3n) is 6.42. The Morgan fingerprint density at radius 1 is 1.26 bits per heavy atom. The Morgan fingerprint density at radius 3 is 2.71 bits per heavy atom. The predicted molar refractivity (Wildman–Crippen MR) is 118 cm³/mol. The maximum atomic E-state index is 14.7. The molecule has 0 radical (unpaired) electrons. The topological polar surface area (TPSA) is 72.4 Å². The molecule has 5 rings (SSSR count). The van der Waals surface area contributed by atoms with Crippen LogP contribution in [0.15, 0.2) is 24.3 Å². The largest absolute Gasteiger partial charge is 0.480 e. The number of hydrogen-bond acceptors (Lipinski definition) is 7. The molecule has 2 fully saturated rings. The van der Waals surface area contributed by atoms with Gasteiger partial charge in [-0.05, 0) is 32.4 Å². The number of rotatable bonds is 5. The second kappa shape index (κ2) is 8.23. The van der Waals surface area contributed by atoms with Gasteiger partial charge in [0.2, 0.25) is 5.88 Å². The van der Waals surface area contributed by atoms with E-state index in [1.54, 1.807) is 21.0 Å². The summed E-state index contributed by atoms with van der Waals surface area (Å²) in [4.78, 5) is 6.85. The van der Waals surface area contributed by atoms with Gasteiger partial charge in [-0.2, -0.15) is 18.3 Å². The van der Waals surface area contributed by atoms with Gasteiger partial charge in [-0.3, -0.25) is 0 Å². The molecular formula is C23H23F4N5O2.